The molecule has 1 aliphatic rings. The molecule has 2 aromatic carbocycles. The third kappa shape index (κ3) is 6.59. The third-order valence-corrected chi connectivity index (χ3v) is 6.54. The molecule has 1 unspecified atom stereocenters. The van der Waals surface area contributed by atoms with Crippen molar-refractivity contribution in [1.29, 1.82) is 0 Å². The van der Waals surface area contributed by atoms with Gasteiger partial charge < -0.3 is 15.2 Å². The highest BCUT2D eigenvalue weighted by atomic mass is 32.2. The number of hydrogen-bond acceptors (Lipinski definition) is 8. The average Bonchev–Trinajstić information content (AvgIpc) is 2.95. The van der Waals surface area contributed by atoms with Crippen LogP contribution in [0.3, 0.4) is 0 Å². The van der Waals surface area contributed by atoms with Crippen LogP contribution >= 0.6 is 11.8 Å². The van der Waals surface area contributed by atoms with E-state index in [0.717, 1.165) is 10.5 Å². The largest absolute Gasteiger partial charge is 0.465 e. The Labute approximate surface area is 204 Å². The summed E-state index contributed by atoms with van der Waals surface area (Å²) in [7, 11) is 0. The number of thioether (sulfide) groups is 1. The predicted octanol–water partition coefficient (Wildman–Crippen LogP) is 2.15. The number of para-hydroxylation sites is 1. The number of nitrogens with one attached hydrogen (secondary N) is 1. The van der Waals surface area contributed by atoms with Crippen molar-refractivity contribution < 1.29 is 23.9 Å². The number of ether oxygens (including phenoxy) is 2. The molecule has 0 radical (unpaired) electrons. The summed E-state index contributed by atoms with van der Waals surface area (Å²) in [6, 6.07) is 14.7. The second-order valence-electron chi connectivity index (χ2n) is 7.81. The van der Waals surface area contributed by atoms with E-state index >= 15 is 0 Å². The highest BCUT2D eigenvalue weighted by Crippen LogP contribution is 2.34. The number of fused-ring (bicyclic) bond motifs is 1. The number of nitrogens with zero attached hydrogens (tertiary/aromatic N) is 1. The van der Waals surface area contributed by atoms with Crippen molar-refractivity contribution in [2.24, 2.45) is 5.73 Å². The van der Waals surface area contributed by atoms with E-state index in [1.54, 1.807) is 19.9 Å². The Kier molecular flexibility index (Phi) is 9.50. The van der Waals surface area contributed by atoms with E-state index in [1.165, 1.54) is 16.7 Å². The van der Waals surface area contributed by atoms with E-state index in [1.807, 2.05) is 48.5 Å². The van der Waals surface area contributed by atoms with Gasteiger partial charge in [0.15, 0.2) is 0 Å². The number of rotatable bonds is 10. The Balaban J connectivity index is 1.85. The van der Waals surface area contributed by atoms with Crippen LogP contribution in [0.1, 0.15) is 19.4 Å². The monoisotopic (exact) mass is 485 g/mol. The molecular weight excluding hydrogens is 454 g/mol. The molecular formula is C25H31N3O5S. The van der Waals surface area contributed by atoms with Gasteiger partial charge in [-0.3, -0.25) is 24.6 Å². The van der Waals surface area contributed by atoms with Crippen molar-refractivity contribution in [3.05, 3.63) is 60.2 Å². The van der Waals surface area contributed by atoms with Gasteiger partial charge >= 0.3 is 11.9 Å². The maximum Gasteiger partial charge on any atom is 0.326 e. The summed E-state index contributed by atoms with van der Waals surface area (Å²) in [6.07, 6.45) is 0.429. The number of hydrogen-bond donors (Lipinski definition) is 2. The van der Waals surface area contributed by atoms with Gasteiger partial charge in [0.2, 0.25) is 5.91 Å². The molecule has 1 heterocycles. The van der Waals surface area contributed by atoms with E-state index in [9.17, 15) is 14.4 Å². The van der Waals surface area contributed by atoms with Gasteiger partial charge in [0.25, 0.3) is 0 Å². The van der Waals surface area contributed by atoms with Gasteiger partial charge in [-0.05, 0) is 38.0 Å². The second-order valence-corrected chi connectivity index (χ2v) is 8.87. The first-order valence-corrected chi connectivity index (χ1v) is 12.3. The summed E-state index contributed by atoms with van der Waals surface area (Å²) in [5.41, 5.74) is 8.06. The van der Waals surface area contributed by atoms with Gasteiger partial charge in [0, 0.05) is 16.7 Å². The summed E-state index contributed by atoms with van der Waals surface area (Å²) < 4.78 is 10.4. The molecule has 0 aliphatic carbocycles. The van der Waals surface area contributed by atoms with Crippen LogP contribution in [0.4, 0.5) is 5.69 Å². The molecule has 0 saturated heterocycles. The first-order chi connectivity index (χ1) is 16.4. The molecule has 8 nitrogen and oxygen atoms in total. The first-order valence-electron chi connectivity index (χ1n) is 11.4. The lowest BCUT2D eigenvalue weighted by Gasteiger charge is -2.29. The van der Waals surface area contributed by atoms with Crippen molar-refractivity contribution in [3.63, 3.8) is 0 Å². The van der Waals surface area contributed by atoms with E-state index in [-0.39, 0.29) is 25.7 Å². The molecule has 182 valence electrons. The molecule has 1 amide bonds. The lowest BCUT2D eigenvalue weighted by molar-refractivity contribution is -0.147. The van der Waals surface area contributed by atoms with Crippen molar-refractivity contribution in [1.82, 2.24) is 5.32 Å². The number of nitrogens with two attached hydrogens (primary N) is 1. The normalized spacial score (nSPS) is 17.3. The lowest BCUT2D eigenvalue weighted by atomic mass is 9.99. The molecule has 9 heteroatoms. The Morgan fingerprint density at radius 3 is 2.47 bits per heavy atom. The number of carbonyl (C=O) groups is 3. The van der Waals surface area contributed by atoms with E-state index in [0.29, 0.717) is 17.9 Å². The summed E-state index contributed by atoms with van der Waals surface area (Å²) >= 11 is 1.48. The molecule has 34 heavy (non-hydrogen) atoms. The number of esters is 2. The van der Waals surface area contributed by atoms with Gasteiger partial charge in [0.05, 0.1) is 24.9 Å². The average molecular weight is 486 g/mol. The summed E-state index contributed by atoms with van der Waals surface area (Å²) in [5.74, 6) is -0.975. The zero-order valence-electron chi connectivity index (χ0n) is 19.4. The van der Waals surface area contributed by atoms with Crippen LogP contribution < -0.4 is 16.0 Å². The van der Waals surface area contributed by atoms with Gasteiger partial charge in [-0.25, -0.2) is 0 Å². The molecule has 1 aliphatic heterocycles. The van der Waals surface area contributed by atoms with E-state index < -0.39 is 30.1 Å². The third-order valence-electron chi connectivity index (χ3n) is 5.38. The van der Waals surface area contributed by atoms with Crippen LogP contribution in [0.5, 0.6) is 0 Å². The van der Waals surface area contributed by atoms with E-state index in [4.69, 9.17) is 15.2 Å². The Bertz CT molecular complexity index is 988. The van der Waals surface area contributed by atoms with Crippen molar-refractivity contribution >= 4 is 35.3 Å². The van der Waals surface area contributed by atoms with Gasteiger partial charge in [-0.2, -0.15) is 0 Å². The predicted molar refractivity (Wildman–Crippen MR) is 132 cm³/mol. The summed E-state index contributed by atoms with van der Waals surface area (Å²) in [6.45, 7) is 3.64. The highest BCUT2D eigenvalue weighted by Gasteiger charge is 2.37. The van der Waals surface area contributed by atoms with Crippen LogP contribution in [0.25, 0.3) is 0 Å². The molecule has 0 saturated carbocycles. The molecule has 3 rings (SSSR count). The standard InChI is InChI=1S/C25H31N3O5S/c1-3-32-22(29)15-28-20-12-8-9-13-21(20)34-16-19(24(28)30)27-23(25(31)33-4-2)18(26)14-17-10-6-5-7-11-17/h5-13,18-19,23,27H,3-4,14-16,26H2,1-2H3/t18-,19-,23?/m0/s1. The van der Waals surface area contributed by atoms with Crippen LogP contribution in [0.15, 0.2) is 59.5 Å². The van der Waals surface area contributed by atoms with Crippen LogP contribution in [0, 0.1) is 0 Å². The topological polar surface area (TPSA) is 111 Å². The van der Waals surface area contributed by atoms with E-state index in [2.05, 4.69) is 5.32 Å². The minimum atomic E-state index is -0.902. The fraction of sp³-hybridized carbons (Fsp3) is 0.400. The van der Waals surface area contributed by atoms with Crippen LogP contribution in [-0.2, 0) is 30.3 Å². The first kappa shape index (κ1) is 25.7. The number of carbonyl (C=O) groups excluding carboxylic acids is 3. The Morgan fingerprint density at radius 2 is 1.76 bits per heavy atom. The maximum atomic E-state index is 13.6. The summed E-state index contributed by atoms with van der Waals surface area (Å²) in [5, 5.41) is 3.16. The molecule has 0 spiro atoms. The molecule has 3 N–H and O–H groups in total. The number of anilines is 1. The quantitative estimate of drug-likeness (QED) is 0.493. The molecule has 3 atom stereocenters. The minimum Gasteiger partial charge on any atom is -0.465 e. The zero-order valence-corrected chi connectivity index (χ0v) is 20.3. The second kappa shape index (κ2) is 12.5. The smallest absolute Gasteiger partial charge is 0.326 e. The zero-order chi connectivity index (χ0) is 24.5. The van der Waals surface area contributed by atoms with Crippen molar-refractivity contribution in [3.8, 4) is 0 Å². The number of benzene rings is 2. The molecule has 0 fully saturated rings. The fourth-order valence-electron chi connectivity index (χ4n) is 3.79. The van der Waals surface area contributed by atoms with Gasteiger partial charge in [-0.1, -0.05) is 42.5 Å². The number of amides is 1. The minimum absolute atomic E-state index is 0.197. The highest BCUT2D eigenvalue weighted by molar-refractivity contribution is 7.99. The van der Waals surface area contributed by atoms with Crippen molar-refractivity contribution in [2.75, 3.05) is 30.4 Å². The Morgan fingerprint density at radius 1 is 1.09 bits per heavy atom. The van der Waals surface area contributed by atoms with Crippen LogP contribution in [0.2, 0.25) is 0 Å². The molecule has 0 aromatic heterocycles. The summed E-state index contributed by atoms with van der Waals surface area (Å²) in [4.78, 5) is 41.0. The molecule has 2 aromatic rings. The van der Waals surface area contributed by atoms with Gasteiger partial charge in [-0.15, -0.1) is 11.8 Å². The Hall–Kier alpha value is -2.88. The molecule has 0 bridgehead atoms. The SMILES string of the molecule is CCOC(=O)CN1C(=O)[C@@H](NC(C(=O)OCC)[C@@H](N)Cc2ccccc2)CSc2ccccc21. The maximum absolute atomic E-state index is 13.6. The van der Waals surface area contributed by atoms with Crippen molar-refractivity contribution in [2.45, 2.75) is 43.3 Å². The van der Waals surface area contributed by atoms with Gasteiger partial charge in [0.1, 0.15) is 12.6 Å². The lowest BCUT2D eigenvalue weighted by Crippen LogP contribution is -2.59. The van der Waals surface area contributed by atoms with Crippen LogP contribution in [-0.4, -0.2) is 61.5 Å². The fourth-order valence-corrected chi connectivity index (χ4v) is 4.88.